The number of amides is 1. The number of carbonyl (C=O) groups excluding carboxylic acids is 1. The van der Waals surface area contributed by atoms with E-state index in [-0.39, 0.29) is 22.0 Å². The van der Waals surface area contributed by atoms with Gasteiger partial charge in [0.05, 0.1) is 23.3 Å². The molecule has 16 heavy (non-hydrogen) atoms. The van der Waals surface area contributed by atoms with Gasteiger partial charge in [-0.15, -0.1) is 0 Å². The summed E-state index contributed by atoms with van der Waals surface area (Å²) >= 11 is 0. The third-order valence-corrected chi connectivity index (χ3v) is 3.91. The van der Waals surface area contributed by atoms with E-state index in [1.807, 2.05) is 0 Å². The maximum absolute atomic E-state index is 11.6. The van der Waals surface area contributed by atoms with E-state index >= 15 is 0 Å². The summed E-state index contributed by atoms with van der Waals surface area (Å²) in [6.07, 6.45) is 0. The highest BCUT2D eigenvalue weighted by Crippen LogP contribution is 2.23. The first-order chi connectivity index (χ1) is 7.42. The summed E-state index contributed by atoms with van der Waals surface area (Å²) in [5, 5.41) is 0. The molecule has 0 saturated carbocycles. The maximum atomic E-state index is 11.6. The van der Waals surface area contributed by atoms with Crippen LogP contribution in [0.3, 0.4) is 0 Å². The largest absolute Gasteiger partial charge is 0.496 e. The number of ether oxygens (including phenoxy) is 1. The molecule has 0 unspecified atom stereocenters. The summed E-state index contributed by atoms with van der Waals surface area (Å²) in [5.41, 5.74) is 5.28. The Hall–Kier alpha value is -1.56. The first-order valence-electron chi connectivity index (χ1n) is 4.63. The molecule has 0 aromatic heterocycles. The highest BCUT2D eigenvalue weighted by Gasteiger charge is 2.16. The van der Waals surface area contributed by atoms with E-state index in [4.69, 9.17) is 10.5 Å². The topological polar surface area (TPSA) is 86.5 Å². The molecule has 2 N–H and O–H groups in total. The van der Waals surface area contributed by atoms with Crippen molar-refractivity contribution in [3.8, 4) is 5.75 Å². The molecular weight excluding hydrogens is 230 g/mol. The lowest BCUT2D eigenvalue weighted by atomic mass is 10.2. The van der Waals surface area contributed by atoms with E-state index in [0.717, 1.165) is 0 Å². The normalized spacial score (nSPS) is 11.1. The standard InChI is InChI=1S/C10H13NO4S/c1-3-16(13,14)7-4-5-8(10(11)12)9(6-7)15-2/h4-6H,3H2,1-2H3,(H2,11,12). The first-order valence-corrected chi connectivity index (χ1v) is 6.28. The number of hydrogen-bond acceptors (Lipinski definition) is 4. The number of carbonyl (C=O) groups is 1. The molecule has 0 atom stereocenters. The molecule has 0 saturated heterocycles. The third kappa shape index (κ3) is 2.33. The van der Waals surface area contributed by atoms with Gasteiger partial charge in [0.2, 0.25) is 0 Å². The predicted molar refractivity (Wildman–Crippen MR) is 59.2 cm³/mol. The van der Waals surface area contributed by atoms with Gasteiger partial charge in [-0.3, -0.25) is 4.79 Å². The Morgan fingerprint density at radius 2 is 2.06 bits per heavy atom. The highest BCUT2D eigenvalue weighted by molar-refractivity contribution is 7.91. The second-order valence-electron chi connectivity index (χ2n) is 3.13. The Labute approximate surface area is 94.1 Å². The van der Waals surface area contributed by atoms with Gasteiger partial charge in [-0.05, 0) is 18.2 Å². The molecule has 0 bridgehead atoms. The third-order valence-electron chi connectivity index (χ3n) is 2.18. The predicted octanol–water partition coefficient (Wildman–Crippen LogP) is 0.588. The molecular formula is C10H13NO4S. The second kappa shape index (κ2) is 4.52. The van der Waals surface area contributed by atoms with Gasteiger partial charge in [0, 0.05) is 0 Å². The Kier molecular flexibility index (Phi) is 3.54. The summed E-state index contributed by atoms with van der Waals surface area (Å²) in [5.74, 6) is -0.495. The van der Waals surface area contributed by atoms with Crippen LogP contribution in [-0.4, -0.2) is 27.2 Å². The number of rotatable bonds is 4. The van der Waals surface area contributed by atoms with Crippen molar-refractivity contribution in [3.05, 3.63) is 23.8 Å². The van der Waals surface area contributed by atoms with E-state index in [1.54, 1.807) is 6.92 Å². The molecule has 1 rings (SSSR count). The number of primary amides is 1. The molecule has 88 valence electrons. The summed E-state index contributed by atoms with van der Waals surface area (Å²) < 4.78 is 28.1. The fourth-order valence-electron chi connectivity index (χ4n) is 1.24. The fourth-order valence-corrected chi connectivity index (χ4v) is 2.13. The number of sulfone groups is 1. The van der Waals surface area contributed by atoms with Gasteiger partial charge in [0.15, 0.2) is 9.84 Å². The zero-order valence-electron chi connectivity index (χ0n) is 9.06. The zero-order chi connectivity index (χ0) is 12.3. The zero-order valence-corrected chi connectivity index (χ0v) is 9.87. The molecule has 0 aliphatic carbocycles. The van der Waals surface area contributed by atoms with E-state index in [0.29, 0.717) is 0 Å². The van der Waals surface area contributed by atoms with Crippen molar-refractivity contribution >= 4 is 15.7 Å². The second-order valence-corrected chi connectivity index (χ2v) is 5.41. The molecule has 6 heteroatoms. The average Bonchev–Trinajstić information content (AvgIpc) is 2.27. The number of benzene rings is 1. The first kappa shape index (κ1) is 12.5. The number of methoxy groups -OCH3 is 1. The van der Waals surface area contributed by atoms with Crippen molar-refractivity contribution in [2.45, 2.75) is 11.8 Å². The van der Waals surface area contributed by atoms with Gasteiger partial charge < -0.3 is 10.5 Å². The van der Waals surface area contributed by atoms with Gasteiger partial charge in [-0.1, -0.05) is 6.92 Å². The van der Waals surface area contributed by atoms with Crippen molar-refractivity contribution in [1.82, 2.24) is 0 Å². The monoisotopic (exact) mass is 243 g/mol. The molecule has 0 spiro atoms. The van der Waals surface area contributed by atoms with Crippen LogP contribution in [0.5, 0.6) is 5.75 Å². The van der Waals surface area contributed by atoms with Crippen molar-refractivity contribution < 1.29 is 17.9 Å². The highest BCUT2D eigenvalue weighted by atomic mass is 32.2. The minimum absolute atomic E-state index is 0.00786. The Morgan fingerprint density at radius 1 is 1.44 bits per heavy atom. The Bertz CT molecular complexity index is 508. The molecule has 5 nitrogen and oxygen atoms in total. The molecule has 1 aromatic carbocycles. The van der Waals surface area contributed by atoms with Crippen LogP contribution < -0.4 is 10.5 Å². The van der Waals surface area contributed by atoms with Crippen LogP contribution in [0.4, 0.5) is 0 Å². The van der Waals surface area contributed by atoms with Crippen molar-refractivity contribution in [2.75, 3.05) is 12.9 Å². The summed E-state index contributed by atoms with van der Waals surface area (Å²) in [6.45, 7) is 1.55. The summed E-state index contributed by atoms with van der Waals surface area (Å²) in [6, 6.07) is 4.00. The molecule has 1 amide bonds. The SMILES string of the molecule is CCS(=O)(=O)c1ccc(C(N)=O)c(OC)c1. The number of nitrogens with two attached hydrogens (primary N) is 1. The average molecular weight is 243 g/mol. The van der Waals surface area contributed by atoms with Crippen LogP contribution in [-0.2, 0) is 9.84 Å². The fraction of sp³-hybridized carbons (Fsp3) is 0.300. The Morgan fingerprint density at radius 3 is 2.50 bits per heavy atom. The van der Waals surface area contributed by atoms with Gasteiger partial charge in [0.1, 0.15) is 5.75 Å². The van der Waals surface area contributed by atoms with Gasteiger partial charge in [-0.2, -0.15) is 0 Å². The van der Waals surface area contributed by atoms with E-state index < -0.39 is 15.7 Å². The molecule has 0 radical (unpaired) electrons. The van der Waals surface area contributed by atoms with Gasteiger partial charge >= 0.3 is 0 Å². The van der Waals surface area contributed by atoms with Crippen molar-refractivity contribution in [1.29, 1.82) is 0 Å². The van der Waals surface area contributed by atoms with E-state index in [1.165, 1.54) is 25.3 Å². The van der Waals surface area contributed by atoms with Crippen LogP contribution in [0.1, 0.15) is 17.3 Å². The van der Waals surface area contributed by atoms with Crippen molar-refractivity contribution in [3.63, 3.8) is 0 Å². The molecule has 1 aromatic rings. The van der Waals surface area contributed by atoms with Crippen LogP contribution >= 0.6 is 0 Å². The smallest absolute Gasteiger partial charge is 0.252 e. The quantitative estimate of drug-likeness (QED) is 0.838. The Balaban J connectivity index is 3.35. The molecule has 0 fully saturated rings. The number of hydrogen-bond donors (Lipinski definition) is 1. The lowest BCUT2D eigenvalue weighted by molar-refractivity contribution is 0.0997. The van der Waals surface area contributed by atoms with Gasteiger partial charge in [-0.25, -0.2) is 8.42 Å². The van der Waals surface area contributed by atoms with Crippen molar-refractivity contribution in [2.24, 2.45) is 5.73 Å². The van der Waals surface area contributed by atoms with Crippen LogP contribution in [0, 0.1) is 0 Å². The minimum Gasteiger partial charge on any atom is -0.496 e. The summed E-state index contributed by atoms with van der Waals surface area (Å²) in [7, 11) is -1.95. The van der Waals surface area contributed by atoms with Crippen LogP contribution in [0.2, 0.25) is 0 Å². The lowest BCUT2D eigenvalue weighted by Gasteiger charge is -2.08. The minimum atomic E-state index is -3.31. The maximum Gasteiger partial charge on any atom is 0.252 e. The van der Waals surface area contributed by atoms with Gasteiger partial charge in [0.25, 0.3) is 5.91 Å². The molecule has 0 aliphatic heterocycles. The van der Waals surface area contributed by atoms with Crippen LogP contribution in [0.15, 0.2) is 23.1 Å². The van der Waals surface area contributed by atoms with Crippen LogP contribution in [0.25, 0.3) is 0 Å². The van der Waals surface area contributed by atoms with E-state index in [9.17, 15) is 13.2 Å². The molecule has 0 heterocycles. The molecule has 0 aliphatic rings. The van der Waals surface area contributed by atoms with E-state index in [2.05, 4.69) is 0 Å². The summed E-state index contributed by atoms with van der Waals surface area (Å²) in [4.78, 5) is 11.1. The lowest BCUT2D eigenvalue weighted by Crippen LogP contribution is -2.13.